The van der Waals surface area contributed by atoms with Crippen molar-refractivity contribution in [1.82, 2.24) is 9.78 Å². The molecule has 0 N–H and O–H groups in total. The summed E-state index contributed by atoms with van der Waals surface area (Å²) in [6, 6.07) is 0. The third-order valence-electron chi connectivity index (χ3n) is 2.18. The molecule has 1 aliphatic rings. The molecular formula is C8H13BN2O. The first-order valence-corrected chi connectivity index (χ1v) is 4.48. The van der Waals surface area contributed by atoms with Crippen LogP contribution in [-0.2, 0) is 4.74 Å². The predicted molar refractivity (Wildman–Crippen MR) is 49.2 cm³/mol. The van der Waals surface area contributed by atoms with Crippen molar-refractivity contribution in [2.24, 2.45) is 0 Å². The van der Waals surface area contributed by atoms with E-state index in [9.17, 15) is 0 Å². The van der Waals surface area contributed by atoms with Gasteiger partial charge in [-0.1, -0.05) is 5.46 Å². The third kappa shape index (κ3) is 1.53. The van der Waals surface area contributed by atoms with Crippen molar-refractivity contribution in [3.8, 4) is 0 Å². The average molecular weight is 164 g/mol. The molecule has 2 heterocycles. The largest absolute Gasteiger partial charge is 0.357 e. The van der Waals surface area contributed by atoms with Gasteiger partial charge in [0.1, 0.15) is 14.1 Å². The van der Waals surface area contributed by atoms with E-state index in [0.29, 0.717) is 0 Å². The van der Waals surface area contributed by atoms with E-state index in [2.05, 4.69) is 5.10 Å². The van der Waals surface area contributed by atoms with Gasteiger partial charge in [-0.2, -0.15) is 5.10 Å². The molecule has 0 saturated carbocycles. The number of nitrogens with zero attached hydrogens (tertiary/aromatic N) is 2. The first-order valence-electron chi connectivity index (χ1n) is 4.48. The highest BCUT2D eigenvalue weighted by molar-refractivity contribution is 6.31. The molecule has 12 heavy (non-hydrogen) atoms. The van der Waals surface area contributed by atoms with Crippen molar-refractivity contribution in [3.63, 3.8) is 0 Å². The van der Waals surface area contributed by atoms with Crippen LogP contribution in [0.1, 0.15) is 25.5 Å². The van der Waals surface area contributed by atoms with E-state index in [4.69, 9.17) is 4.74 Å². The van der Waals surface area contributed by atoms with Crippen LogP contribution in [-0.4, -0.2) is 24.2 Å². The van der Waals surface area contributed by atoms with Crippen LogP contribution >= 0.6 is 0 Å². The third-order valence-corrected chi connectivity index (χ3v) is 2.18. The predicted octanol–water partition coefficient (Wildman–Crippen LogP) is -0.159. The minimum absolute atomic E-state index is 0.187. The Morgan fingerprint density at radius 3 is 3.08 bits per heavy atom. The lowest BCUT2D eigenvalue weighted by Crippen LogP contribution is -2.18. The molecule has 1 fully saturated rings. The number of hydrogen-bond donors (Lipinski definition) is 0. The fourth-order valence-corrected chi connectivity index (χ4v) is 1.52. The summed E-state index contributed by atoms with van der Waals surface area (Å²) in [5.74, 6) is 0. The molecule has 4 heteroatoms. The molecule has 64 valence electrons. The van der Waals surface area contributed by atoms with Crippen LogP contribution in [0.15, 0.2) is 12.4 Å². The summed E-state index contributed by atoms with van der Waals surface area (Å²) in [5, 5.41) is 4.23. The van der Waals surface area contributed by atoms with E-state index in [1.807, 2.05) is 24.9 Å². The zero-order valence-electron chi connectivity index (χ0n) is 7.36. The number of ether oxygens (including phenoxy) is 1. The van der Waals surface area contributed by atoms with Crippen LogP contribution in [0.25, 0.3) is 0 Å². The van der Waals surface area contributed by atoms with Gasteiger partial charge < -0.3 is 4.74 Å². The molecule has 1 saturated heterocycles. The van der Waals surface area contributed by atoms with E-state index in [1.54, 1.807) is 0 Å². The van der Waals surface area contributed by atoms with E-state index in [-0.39, 0.29) is 6.23 Å². The van der Waals surface area contributed by atoms with E-state index < -0.39 is 0 Å². The van der Waals surface area contributed by atoms with Crippen LogP contribution < -0.4 is 5.46 Å². The summed E-state index contributed by atoms with van der Waals surface area (Å²) < 4.78 is 7.50. The average Bonchev–Trinajstić information content (AvgIpc) is 2.54. The fourth-order valence-electron chi connectivity index (χ4n) is 1.52. The van der Waals surface area contributed by atoms with Gasteiger partial charge in [0.2, 0.25) is 0 Å². The fraction of sp³-hybridized carbons (Fsp3) is 0.625. The Morgan fingerprint density at radius 1 is 1.58 bits per heavy atom. The highest BCUT2D eigenvalue weighted by Crippen LogP contribution is 2.20. The second-order valence-electron chi connectivity index (χ2n) is 3.32. The molecule has 0 amide bonds. The van der Waals surface area contributed by atoms with Crippen LogP contribution in [0, 0.1) is 0 Å². The molecule has 1 aromatic rings. The van der Waals surface area contributed by atoms with Crippen molar-refractivity contribution in [2.75, 3.05) is 6.61 Å². The van der Waals surface area contributed by atoms with Crippen molar-refractivity contribution < 1.29 is 4.74 Å². The Hall–Kier alpha value is -0.765. The standard InChI is InChI=1S/C8H13BN2O/c9-7-5-10-11(6-7)8-3-1-2-4-12-8/h5-6,8H,1-4,9H2. The molecule has 1 atom stereocenters. The highest BCUT2D eigenvalue weighted by Gasteiger charge is 2.15. The first-order chi connectivity index (χ1) is 5.86. The molecular weight excluding hydrogens is 151 g/mol. The Bertz CT molecular complexity index is 255. The van der Waals surface area contributed by atoms with Gasteiger partial charge in [0.25, 0.3) is 0 Å². The molecule has 0 bridgehead atoms. The SMILES string of the molecule is Bc1cnn(C2CCCCO2)c1. The van der Waals surface area contributed by atoms with Crippen LogP contribution in [0.3, 0.4) is 0 Å². The number of rotatable bonds is 1. The van der Waals surface area contributed by atoms with Gasteiger partial charge in [-0.15, -0.1) is 0 Å². The van der Waals surface area contributed by atoms with Gasteiger partial charge in [-0.3, -0.25) is 0 Å². The summed E-state index contributed by atoms with van der Waals surface area (Å²) in [7, 11) is 2.05. The van der Waals surface area contributed by atoms with Crippen LogP contribution in [0.4, 0.5) is 0 Å². The van der Waals surface area contributed by atoms with E-state index >= 15 is 0 Å². The molecule has 2 rings (SSSR count). The minimum atomic E-state index is 0.187. The Morgan fingerprint density at radius 2 is 2.50 bits per heavy atom. The summed E-state index contributed by atoms with van der Waals surface area (Å²) in [5.41, 5.74) is 1.20. The lowest BCUT2D eigenvalue weighted by molar-refractivity contribution is -0.0394. The second kappa shape index (κ2) is 3.31. The smallest absolute Gasteiger partial charge is 0.150 e. The van der Waals surface area contributed by atoms with Gasteiger partial charge in [0.05, 0.1) is 0 Å². The second-order valence-corrected chi connectivity index (χ2v) is 3.32. The highest BCUT2D eigenvalue weighted by atomic mass is 16.5. The summed E-state index contributed by atoms with van der Waals surface area (Å²) in [4.78, 5) is 0. The minimum Gasteiger partial charge on any atom is -0.357 e. The summed E-state index contributed by atoms with van der Waals surface area (Å²) in [6.07, 6.45) is 7.64. The Kier molecular flexibility index (Phi) is 2.17. The van der Waals surface area contributed by atoms with Crippen molar-refractivity contribution in [1.29, 1.82) is 0 Å². The Balaban J connectivity index is 2.08. The van der Waals surface area contributed by atoms with Gasteiger partial charge in [-0.05, 0) is 19.3 Å². The number of aromatic nitrogens is 2. The topological polar surface area (TPSA) is 27.1 Å². The van der Waals surface area contributed by atoms with E-state index in [1.165, 1.54) is 18.3 Å². The molecule has 1 aromatic heterocycles. The molecule has 0 aromatic carbocycles. The molecule has 1 unspecified atom stereocenters. The molecule has 0 aliphatic carbocycles. The lowest BCUT2D eigenvalue weighted by Gasteiger charge is -2.22. The normalized spacial score (nSPS) is 24.2. The van der Waals surface area contributed by atoms with Gasteiger partial charge in [-0.25, -0.2) is 4.68 Å². The van der Waals surface area contributed by atoms with Crippen LogP contribution in [0.5, 0.6) is 0 Å². The maximum Gasteiger partial charge on any atom is 0.150 e. The van der Waals surface area contributed by atoms with Crippen molar-refractivity contribution in [2.45, 2.75) is 25.5 Å². The maximum absolute atomic E-state index is 5.58. The zero-order chi connectivity index (χ0) is 8.39. The summed E-state index contributed by atoms with van der Waals surface area (Å²) >= 11 is 0. The van der Waals surface area contributed by atoms with Crippen molar-refractivity contribution >= 4 is 13.3 Å². The van der Waals surface area contributed by atoms with Gasteiger partial charge >= 0.3 is 0 Å². The maximum atomic E-state index is 5.58. The Labute approximate surface area is 73.1 Å². The van der Waals surface area contributed by atoms with Gasteiger partial charge in [0.15, 0.2) is 0 Å². The molecule has 3 nitrogen and oxygen atoms in total. The zero-order valence-corrected chi connectivity index (χ0v) is 7.36. The van der Waals surface area contributed by atoms with E-state index in [0.717, 1.165) is 13.0 Å². The molecule has 0 radical (unpaired) electrons. The molecule has 1 aliphatic heterocycles. The summed E-state index contributed by atoms with van der Waals surface area (Å²) in [6.45, 7) is 0.879. The van der Waals surface area contributed by atoms with Crippen molar-refractivity contribution in [3.05, 3.63) is 12.4 Å². The quantitative estimate of drug-likeness (QED) is 0.539. The van der Waals surface area contributed by atoms with Gasteiger partial charge in [0, 0.05) is 19.0 Å². The molecule has 0 spiro atoms. The monoisotopic (exact) mass is 164 g/mol. The lowest BCUT2D eigenvalue weighted by atomic mass is 10.0. The van der Waals surface area contributed by atoms with Crippen LogP contribution in [0.2, 0.25) is 0 Å². The first kappa shape index (κ1) is 7.86. The number of hydrogen-bond acceptors (Lipinski definition) is 2.